The van der Waals surface area contributed by atoms with Crippen LogP contribution in [0.15, 0.2) is 42.5 Å². The molecule has 1 aliphatic rings. The molecule has 0 aromatic heterocycles. The van der Waals surface area contributed by atoms with Crippen LogP contribution in [0.1, 0.15) is 76.0 Å². The predicted molar refractivity (Wildman–Crippen MR) is 209 cm³/mol. The summed E-state index contributed by atoms with van der Waals surface area (Å²) in [5.41, 5.74) is 2.23. The molecule has 0 aliphatic carbocycles. The third-order valence-electron chi connectivity index (χ3n) is 9.38. The largest absolute Gasteiger partial charge is 0.490 e. The van der Waals surface area contributed by atoms with Crippen LogP contribution >= 0.6 is 0 Å². The first-order valence-electron chi connectivity index (χ1n) is 19.1. The van der Waals surface area contributed by atoms with Gasteiger partial charge >= 0.3 is 18.2 Å². The number of alkyl halides is 3. The Kier molecular flexibility index (Phi) is 20.6. The highest BCUT2D eigenvalue weighted by molar-refractivity contribution is 7.92. The fourth-order valence-corrected chi connectivity index (χ4v) is 9.36. The summed E-state index contributed by atoms with van der Waals surface area (Å²) in [6, 6.07) is 7.90. The lowest BCUT2D eigenvalue weighted by Gasteiger charge is -2.31. The van der Waals surface area contributed by atoms with Crippen LogP contribution in [0.3, 0.4) is 0 Å². The zero-order valence-corrected chi connectivity index (χ0v) is 35.1. The Bertz CT molecular complexity index is 1870. The number of halogens is 5. The molecule has 3 rings (SSSR count). The van der Waals surface area contributed by atoms with Gasteiger partial charge in [0.05, 0.1) is 29.4 Å². The lowest BCUT2D eigenvalue weighted by Crippen LogP contribution is -2.57. The molecule has 0 bridgehead atoms. The van der Waals surface area contributed by atoms with Gasteiger partial charge in [-0.1, -0.05) is 57.9 Å². The fraction of sp³-hybridized carbons (Fsp3) is 0.605. The van der Waals surface area contributed by atoms with Crippen LogP contribution < -0.4 is 16.0 Å². The molecule has 21 heteroatoms. The maximum absolute atomic E-state index is 14.2. The summed E-state index contributed by atoms with van der Waals surface area (Å²) in [4.78, 5) is 36.0. The molecule has 0 saturated carbocycles. The van der Waals surface area contributed by atoms with Gasteiger partial charge in [-0.2, -0.15) is 13.2 Å². The molecule has 2 aromatic rings. The van der Waals surface area contributed by atoms with E-state index in [0.717, 1.165) is 35.9 Å². The zero-order chi connectivity index (χ0) is 44.6. The molecule has 59 heavy (non-hydrogen) atoms. The standard InChI is InChI=1S/C36H54F2N4O8S2.C2HF3O2/c1-5-9-31(10-6-2)52(48,49)24-33(41-36(45)50-30-13-15-42(16-14-30)51(4,46)47)35(44)40-32(20-27-18-28(37)21-29(38)19-27)34(43)23-39-22-26-12-8-11-25(7-3)17-26;3-2(4,5)1(6)7/h8,11-12,17-19,21,30-34,39,43H,5-7,9-10,13-16,20,22-24H2,1-4H3,(H,40,44)(H,41,45);(H,6,7)/t32-,33?,34+;/m0./s1. The molecule has 1 aliphatic heterocycles. The van der Waals surface area contributed by atoms with E-state index < -0.39 is 90.9 Å². The first-order valence-corrected chi connectivity index (χ1v) is 22.7. The number of hydrogen-bond donors (Lipinski definition) is 5. The Morgan fingerprint density at radius 1 is 0.898 bits per heavy atom. The lowest BCUT2D eigenvalue weighted by atomic mass is 10.00. The third kappa shape index (κ3) is 18.5. The van der Waals surface area contributed by atoms with E-state index in [2.05, 4.69) is 16.0 Å². The second kappa shape index (κ2) is 23.8. The number of sulfonamides is 1. The number of alkyl carbamates (subject to hydrolysis) is 1. The van der Waals surface area contributed by atoms with Gasteiger partial charge in [0.15, 0.2) is 9.84 Å². The minimum atomic E-state index is -5.08. The van der Waals surface area contributed by atoms with Crippen LogP contribution in [0, 0.1) is 11.6 Å². The Morgan fingerprint density at radius 3 is 1.97 bits per heavy atom. The Labute approximate surface area is 342 Å². The number of benzene rings is 2. The van der Waals surface area contributed by atoms with Gasteiger partial charge in [0.2, 0.25) is 15.9 Å². The lowest BCUT2D eigenvalue weighted by molar-refractivity contribution is -0.192. The number of nitrogens with zero attached hydrogens (tertiary/aromatic N) is 1. The van der Waals surface area contributed by atoms with Gasteiger partial charge in [-0.3, -0.25) is 4.79 Å². The average Bonchev–Trinajstić information content (AvgIpc) is 3.13. The summed E-state index contributed by atoms with van der Waals surface area (Å²) < 4.78 is 118. The van der Waals surface area contributed by atoms with E-state index in [1.165, 1.54) is 4.31 Å². The van der Waals surface area contributed by atoms with E-state index in [9.17, 15) is 53.5 Å². The predicted octanol–water partition coefficient (Wildman–Crippen LogP) is 4.24. The number of amides is 2. The van der Waals surface area contributed by atoms with Crippen molar-refractivity contribution in [3.05, 3.63) is 70.8 Å². The second-order valence-corrected chi connectivity index (χ2v) is 18.6. The highest BCUT2D eigenvalue weighted by Gasteiger charge is 2.38. The molecule has 334 valence electrons. The summed E-state index contributed by atoms with van der Waals surface area (Å²) in [5.74, 6) is -6.15. The number of carboxylic acids is 1. The summed E-state index contributed by atoms with van der Waals surface area (Å²) in [5, 5.41) is 25.9. The van der Waals surface area contributed by atoms with E-state index in [4.69, 9.17) is 14.6 Å². The molecule has 1 unspecified atom stereocenters. The highest BCUT2D eigenvalue weighted by atomic mass is 32.2. The monoisotopic (exact) mass is 886 g/mol. The minimum absolute atomic E-state index is 0.0429. The van der Waals surface area contributed by atoms with Crippen molar-refractivity contribution in [2.75, 3.05) is 31.6 Å². The first-order chi connectivity index (χ1) is 27.5. The van der Waals surface area contributed by atoms with E-state index in [0.29, 0.717) is 38.3 Å². The SMILES string of the molecule is CCCC(CCC)S(=O)(=O)CC(NC(=O)OC1CCN(S(C)(=O)=O)CC1)C(=O)N[C@@H](Cc1cc(F)cc(F)c1)[C@H](O)CNCc1cccc(CC)c1.O=C(O)C(F)(F)F. The Morgan fingerprint density at radius 2 is 1.46 bits per heavy atom. The van der Waals surface area contributed by atoms with Crippen molar-refractivity contribution in [1.82, 2.24) is 20.3 Å². The summed E-state index contributed by atoms with van der Waals surface area (Å²) >= 11 is 0. The molecule has 5 N–H and O–H groups in total. The Balaban J connectivity index is 0.00000157. The van der Waals surface area contributed by atoms with Crippen LogP contribution in [0.25, 0.3) is 0 Å². The van der Waals surface area contributed by atoms with Gasteiger partial charge < -0.3 is 30.9 Å². The highest BCUT2D eigenvalue weighted by Crippen LogP contribution is 2.20. The van der Waals surface area contributed by atoms with Crippen molar-refractivity contribution in [3.63, 3.8) is 0 Å². The van der Waals surface area contributed by atoms with E-state index >= 15 is 0 Å². The molecule has 1 saturated heterocycles. The number of hydrogen-bond acceptors (Lipinski definition) is 10. The average molecular weight is 887 g/mol. The van der Waals surface area contributed by atoms with Crippen molar-refractivity contribution < 1.29 is 68.1 Å². The van der Waals surface area contributed by atoms with Gasteiger partial charge in [0.25, 0.3) is 0 Å². The van der Waals surface area contributed by atoms with Crippen LogP contribution in [0.4, 0.5) is 26.7 Å². The number of ether oxygens (including phenoxy) is 1. The summed E-state index contributed by atoms with van der Waals surface area (Å²) in [6.45, 7) is 6.33. The quantitative estimate of drug-likeness (QED) is 0.119. The number of aryl methyl sites for hydroxylation is 1. The number of carbonyl (C=O) groups excluding carboxylic acids is 2. The van der Waals surface area contributed by atoms with Crippen LogP contribution in [-0.4, -0.2) is 117 Å². The number of carbonyl (C=O) groups is 3. The third-order valence-corrected chi connectivity index (χ3v) is 13.0. The van der Waals surface area contributed by atoms with Crippen molar-refractivity contribution in [2.24, 2.45) is 0 Å². The number of piperidine rings is 1. The molecule has 1 heterocycles. The maximum Gasteiger partial charge on any atom is 0.490 e. The second-order valence-electron chi connectivity index (χ2n) is 14.3. The normalized spacial score (nSPS) is 15.7. The summed E-state index contributed by atoms with van der Waals surface area (Å²) in [7, 11) is -7.37. The van der Waals surface area contributed by atoms with Gasteiger partial charge in [-0.15, -0.1) is 0 Å². The number of sulfone groups is 1. The van der Waals surface area contributed by atoms with Gasteiger partial charge in [-0.25, -0.2) is 39.5 Å². The molecule has 2 aromatic carbocycles. The van der Waals surface area contributed by atoms with Crippen molar-refractivity contribution in [3.8, 4) is 0 Å². The van der Waals surface area contributed by atoms with E-state index in [1.807, 2.05) is 45.0 Å². The van der Waals surface area contributed by atoms with Gasteiger partial charge in [0.1, 0.15) is 23.8 Å². The molecule has 3 atom stereocenters. The number of aliphatic hydroxyl groups is 1. The van der Waals surface area contributed by atoms with E-state index in [1.54, 1.807) is 0 Å². The molecule has 0 radical (unpaired) electrons. The van der Waals surface area contributed by atoms with Gasteiger partial charge in [0, 0.05) is 32.2 Å². The van der Waals surface area contributed by atoms with Crippen LogP contribution in [0.5, 0.6) is 0 Å². The molecule has 2 amide bonds. The Hall–Kier alpha value is -3.92. The van der Waals surface area contributed by atoms with Crippen molar-refractivity contribution >= 4 is 37.8 Å². The molecule has 14 nitrogen and oxygen atoms in total. The smallest absolute Gasteiger partial charge is 0.475 e. The molecule has 1 fully saturated rings. The number of aliphatic carboxylic acids is 1. The molecule has 0 spiro atoms. The first kappa shape index (κ1) is 51.2. The zero-order valence-electron chi connectivity index (χ0n) is 33.4. The summed E-state index contributed by atoms with van der Waals surface area (Å²) in [6.07, 6.45) is -4.12. The number of aliphatic hydroxyl groups excluding tert-OH is 1. The van der Waals surface area contributed by atoms with Crippen LogP contribution in [-0.2, 0) is 53.6 Å². The van der Waals surface area contributed by atoms with E-state index in [-0.39, 0.29) is 44.5 Å². The number of rotatable bonds is 20. The molecular formula is C38H55F5N4O10S2. The van der Waals surface area contributed by atoms with Gasteiger partial charge in [-0.05, 0) is 67.3 Å². The maximum atomic E-state index is 14.2. The topological polar surface area (TPSA) is 209 Å². The minimum Gasteiger partial charge on any atom is -0.475 e. The number of nitrogens with one attached hydrogen (secondary N) is 3. The van der Waals surface area contributed by atoms with Crippen molar-refractivity contribution in [1.29, 1.82) is 0 Å². The van der Waals surface area contributed by atoms with Crippen LogP contribution in [0.2, 0.25) is 0 Å². The fourth-order valence-electron chi connectivity index (χ4n) is 6.32. The number of carboxylic acid groups (broad SMARTS) is 1. The molecular weight excluding hydrogens is 832 g/mol. The van der Waals surface area contributed by atoms with Crippen molar-refractivity contribution in [2.45, 2.75) is 114 Å².